The van der Waals surface area contributed by atoms with Crippen LogP contribution in [0.1, 0.15) is 6.93 Å². The predicted molar refractivity (Wildman–Crippen MR) is 46.0 cm³/mol. The van der Waals surface area contributed by atoms with Gasteiger partial charge in [-0.1, -0.05) is 30.3 Å². The Morgan fingerprint density at radius 1 is 1.45 bits per heavy atom. The molecule has 0 heterocycles. The van der Waals surface area contributed by atoms with Gasteiger partial charge in [0.05, 0.1) is 14.5 Å². The summed E-state index contributed by atoms with van der Waals surface area (Å²) in [6, 6.07) is 9.26. The standard InChI is InChI=1S/C9H11NO/c11-7-6-10-8-9-4-2-1-3-5-9/h1-5,8,11H,6-7H2/i8D. The lowest BCUT2D eigenvalue weighted by Crippen LogP contribution is -1.88. The van der Waals surface area contributed by atoms with Gasteiger partial charge in [-0.25, -0.2) is 0 Å². The van der Waals surface area contributed by atoms with E-state index >= 15 is 0 Å². The minimum Gasteiger partial charge on any atom is -0.394 e. The normalized spacial score (nSPS) is 12.8. The number of aliphatic hydroxyl groups is 1. The first kappa shape index (κ1) is 6.55. The molecule has 0 aliphatic heterocycles. The summed E-state index contributed by atoms with van der Waals surface area (Å²) >= 11 is 0. The lowest BCUT2D eigenvalue weighted by atomic mass is 10.2. The van der Waals surface area contributed by atoms with E-state index in [0.29, 0.717) is 6.54 Å². The summed E-state index contributed by atoms with van der Waals surface area (Å²) in [6.07, 6.45) is 0.227. The molecule has 0 saturated heterocycles. The molecule has 0 amide bonds. The molecule has 0 aliphatic carbocycles. The molecule has 0 aliphatic rings. The smallest absolute Gasteiger partial charge is 0.0842 e. The average Bonchev–Trinajstić information content (AvgIpc) is 2.15. The van der Waals surface area contributed by atoms with Gasteiger partial charge in [-0.3, -0.25) is 4.99 Å². The Morgan fingerprint density at radius 3 is 2.82 bits per heavy atom. The van der Waals surface area contributed by atoms with Gasteiger partial charge in [-0.15, -0.1) is 0 Å². The van der Waals surface area contributed by atoms with Gasteiger partial charge >= 0.3 is 0 Å². The maximum absolute atomic E-state index is 8.47. The van der Waals surface area contributed by atoms with Crippen molar-refractivity contribution in [1.29, 1.82) is 0 Å². The van der Waals surface area contributed by atoms with Crippen molar-refractivity contribution in [2.24, 2.45) is 4.99 Å². The van der Waals surface area contributed by atoms with Crippen molar-refractivity contribution < 1.29 is 6.48 Å². The van der Waals surface area contributed by atoms with Gasteiger partial charge in [0.2, 0.25) is 0 Å². The third kappa shape index (κ3) is 2.96. The number of hydrogen-bond donors (Lipinski definition) is 1. The lowest BCUT2D eigenvalue weighted by Gasteiger charge is -1.89. The van der Waals surface area contributed by atoms with Crippen molar-refractivity contribution in [2.45, 2.75) is 0 Å². The van der Waals surface area contributed by atoms with Gasteiger partial charge in [0, 0.05) is 6.19 Å². The van der Waals surface area contributed by atoms with E-state index in [4.69, 9.17) is 6.48 Å². The van der Waals surface area contributed by atoms with Gasteiger partial charge in [0.15, 0.2) is 0 Å². The third-order valence-corrected chi connectivity index (χ3v) is 1.19. The summed E-state index contributed by atoms with van der Waals surface area (Å²) in [7, 11) is 0. The molecule has 0 radical (unpaired) electrons. The minimum absolute atomic E-state index is 0.00475. The van der Waals surface area contributed by atoms with E-state index in [1.807, 2.05) is 30.3 Å². The zero-order valence-electron chi connectivity index (χ0n) is 7.20. The van der Waals surface area contributed by atoms with Crippen LogP contribution in [0.2, 0.25) is 0 Å². The molecule has 1 aromatic rings. The molecular formula is C9H11NO. The van der Waals surface area contributed by atoms with E-state index in [2.05, 4.69) is 4.99 Å². The molecule has 0 atom stereocenters. The minimum atomic E-state index is -0.00475. The lowest BCUT2D eigenvalue weighted by molar-refractivity contribution is 0.307. The van der Waals surface area contributed by atoms with E-state index in [1.54, 1.807) is 0 Å². The fourth-order valence-electron chi connectivity index (χ4n) is 0.710. The van der Waals surface area contributed by atoms with Crippen LogP contribution in [0, 0.1) is 0 Å². The molecule has 58 valence electrons. The largest absolute Gasteiger partial charge is 0.394 e. The number of aliphatic imine (C=N–C) groups is 1. The molecule has 1 rings (SSSR count). The molecule has 1 N–H and O–H groups in total. The topological polar surface area (TPSA) is 32.6 Å². The quantitative estimate of drug-likeness (QED) is 0.643. The summed E-state index contributed by atoms with van der Waals surface area (Å²) in [5.41, 5.74) is 0.783. The fourth-order valence-corrected chi connectivity index (χ4v) is 0.710. The Balaban J connectivity index is 2.71. The highest BCUT2D eigenvalue weighted by Gasteiger charge is 1.81. The van der Waals surface area contributed by atoms with Crippen molar-refractivity contribution in [1.82, 2.24) is 0 Å². The Bertz CT molecular complexity index is 258. The molecular weight excluding hydrogens is 138 g/mol. The van der Waals surface area contributed by atoms with Crippen LogP contribution < -0.4 is 0 Å². The van der Waals surface area contributed by atoms with Crippen LogP contribution in [0.4, 0.5) is 0 Å². The molecule has 0 aromatic heterocycles. The first-order valence-electron chi connectivity index (χ1n) is 4.02. The van der Waals surface area contributed by atoms with Gasteiger partial charge in [0.25, 0.3) is 0 Å². The molecule has 1 aromatic carbocycles. The maximum Gasteiger partial charge on any atom is 0.0842 e. The molecule has 0 bridgehead atoms. The van der Waals surface area contributed by atoms with Crippen molar-refractivity contribution in [3.05, 3.63) is 35.9 Å². The third-order valence-electron chi connectivity index (χ3n) is 1.19. The number of benzene rings is 1. The van der Waals surface area contributed by atoms with Crippen molar-refractivity contribution in [3.63, 3.8) is 0 Å². The SMILES string of the molecule is [2H]C(=NCCO)c1ccccc1. The Hall–Kier alpha value is -1.15. The molecule has 0 saturated carbocycles. The zero-order chi connectivity index (χ0) is 8.81. The van der Waals surface area contributed by atoms with Crippen LogP contribution in [-0.2, 0) is 0 Å². The van der Waals surface area contributed by atoms with E-state index in [1.165, 1.54) is 0 Å². The second kappa shape index (κ2) is 4.63. The highest BCUT2D eigenvalue weighted by Crippen LogP contribution is 1.93. The van der Waals surface area contributed by atoms with Crippen molar-refractivity contribution >= 4 is 6.19 Å². The highest BCUT2D eigenvalue weighted by atomic mass is 16.3. The Morgan fingerprint density at radius 2 is 2.18 bits per heavy atom. The van der Waals surface area contributed by atoms with Crippen molar-refractivity contribution in [2.75, 3.05) is 13.2 Å². The fraction of sp³-hybridized carbons (Fsp3) is 0.222. The Kier molecular flexibility index (Phi) is 2.76. The average molecular weight is 150 g/mol. The number of aliphatic hydroxyl groups excluding tert-OH is 1. The zero-order valence-corrected chi connectivity index (χ0v) is 6.20. The maximum atomic E-state index is 8.47. The summed E-state index contributed by atoms with van der Waals surface area (Å²) < 4.78 is 7.46. The summed E-state index contributed by atoms with van der Waals surface area (Å²) in [5, 5.41) is 8.47. The molecule has 0 fully saturated rings. The molecule has 0 unspecified atom stereocenters. The van der Waals surface area contributed by atoms with Crippen LogP contribution in [0.25, 0.3) is 0 Å². The number of rotatable bonds is 3. The number of hydrogen-bond acceptors (Lipinski definition) is 2. The van der Waals surface area contributed by atoms with Crippen LogP contribution in [0.3, 0.4) is 0 Å². The Labute approximate surface area is 67.6 Å². The monoisotopic (exact) mass is 150 g/mol. The first-order chi connectivity index (χ1) is 5.84. The number of nitrogens with zero attached hydrogens (tertiary/aromatic N) is 1. The molecule has 11 heavy (non-hydrogen) atoms. The van der Waals surface area contributed by atoms with E-state index < -0.39 is 0 Å². The van der Waals surface area contributed by atoms with E-state index in [-0.39, 0.29) is 12.8 Å². The molecule has 2 heteroatoms. The molecule has 2 nitrogen and oxygen atoms in total. The van der Waals surface area contributed by atoms with Gasteiger partial charge in [0.1, 0.15) is 0 Å². The van der Waals surface area contributed by atoms with Gasteiger partial charge < -0.3 is 5.11 Å². The van der Waals surface area contributed by atoms with Crippen LogP contribution in [0.5, 0.6) is 0 Å². The van der Waals surface area contributed by atoms with Crippen LogP contribution in [-0.4, -0.2) is 24.4 Å². The second-order valence-electron chi connectivity index (χ2n) is 2.08. The summed E-state index contributed by atoms with van der Waals surface area (Å²) in [4.78, 5) is 3.85. The van der Waals surface area contributed by atoms with Crippen molar-refractivity contribution in [3.8, 4) is 0 Å². The highest BCUT2D eigenvalue weighted by molar-refractivity contribution is 5.79. The summed E-state index contributed by atoms with van der Waals surface area (Å²) in [5.74, 6) is 0. The van der Waals surface area contributed by atoms with Gasteiger partial charge in [-0.2, -0.15) is 0 Å². The van der Waals surface area contributed by atoms with E-state index in [0.717, 1.165) is 5.56 Å². The summed E-state index contributed by atoms with van der Waals surface area (Å²) in [6.45, 7) is 0.295. The van der Waals surface area contributed by atoms with E-state index in [9.17, 15) is 0 Å². The van der Waals surface area contributed by atoms with Crippen LogP contribution in [0.15, 0.2) is 35.3 Å². The predicted octanol–water partition coefficient (Wildman–Crippen LogP) is 1.10. The van der Waals surface area contributed by atoms with Gasteiger partial charge in [-0.05, 0) is 5.56 Å². The molecule has 0 spiro atoms. The van der Waals surface area contributed by atoms with Crippen LogP contribution >= 0.6 is 0 Å². The first-order valence-corrected chi connectivity index (χ1v) is 3.52. The second-order valence-corrected chi connectivity index (χ2v) is 2.08.